The van der Waals surface area contributed by atoms with Gasteiger partial charge in [0.05, 0.1) is 16.8 Å². The Morgan fingerprint density at radius 3 is 2.29 bits per heavy atom. The second-order valence-corrected chi connectivity index (χ2v) is 4.79. The zero-order chi connectivity index (χ0) is 14.8. The molecule has 0 aliphatic heterocycles. The largest absolute Gasteiger partial charge is 0.507 e. The molecule has 3 aromatic rings. The Hall–Kier alpha value is -2.88. The molecule has 0 radical (unpaired) electrons. The number of aryl methyl sites for hydroxylation is 1. The Labute approximate surface area is 122 Å². The van der Waals surface area contributed by atoms with Crippen molar-refractivity contribution in [2.75, 3.05) is 0 Å². The molecular formula is C17H14N2O2. The van der Waals surface area contributed by atoms with Crippen LogP contribution in [0.3, 0.4) is 0 Å². The monoisotopic (exact) mass is 278 g/mol. The van der Waals surface area contributed by atoms with Crippen LogP contribution >= 0.6 is 0 Å². The normalized spacial score (nSPS) is 11.3. The summed E-state index contributed by atoms with van der Waals surface area (Å²) in [6.07, 6.45) is 0. The summed E-state index contributed by atoms with van der Waals surface area (Å²) < 4.78 is 0. The minimum absolute atomic E-state index is 0.0714. The fourth-order valence-electron chi connectivity index (χ4n) is 2.22. The van der Waals surface area contributed by atoms with Gasteiger partial charge in [-0.05, 0) is 36.8 Å². The first kappa shape index (κ1) is 13.1. The third kappa shape index (κ3) is 2.43. The van der Waals surface area contributed by atoms with Crippen molar-refractivity contribution < 1.29 is 10.2 Å². The van der Waals surface area contributed by atoms with E-state index in [1.54, 1.807) is 30.3 Å². The van der Waals surface area contributed by atoms with Crippen molar-refractivity contribution in [3.8, 4) is 11.5 Å². The predicted octanol–water partition coefficient (Wildman–Crippen LogP) is 4.97. The van der Waals surface area contributed by atoms with E-state index in [1.165, 1.54) is 0 Å². The van der Waals surface area contributed by atoms with Gasteiger partial charge in [-0.1, -0.05) is 30.3 Å². The van der Waals surface area contributed by atoms with E-state index in [-0.39, 0.29) is 11.5 Å². The number of benzene rings is 3. The van der Waals surface area contributed by atoms with E-state index in [9.17, 15) is 10.2 Å². The van der Waals surface area contributed by atoms with Crippen LogP contribution in [0.1, 0.15) is 5.56 Å². The number of hydrogen-bond donors (Lipinski definition) is 2. The molecule has 0 saturated heterocycles. The average molecular weight is 278 g/mol. The highest BCUT2D eigenvalue weighted by molar-refractivity contribution is 6.00. The number of azo groups is 1. The van der Waals surface area contributed by atoms with Gasteiger partial charge in [-0.15, -0.1) is 5.11 Å². The molecular weight excluding hydrogens is 264 g/mol. The van der Waals surface area contributed by atoms with E-state index >= 15 is 0 Å². The Balaban J connectivity index is 2.14. The Morgan fingerprint density at radius 2 is 1.48 bits per heavy atom. The van der Waals surface area contributed by atoms with Gasteiger partial charge in [0.2, 0.25) is 0 Å². The average Bonchev–Trinajstić information content (AvgIpc) is 2.49. The molecule has 4 nitrogen and oxygen atoms in total. The van der Waals surface area contributed by atoms with E-state index in [1.807, 2.05) is 31.2 Å². The first-order chi connectivity index (χ1) is 10.2. The molecule has 0 saturated carbocycles. The Bertz CT molecular complexity index is 841. The van der Waals surface area contributed by atoms with Crippen LogP contribution in [0.5, 0.6) is 11.5 Å². The second kappa shape index (κ2) is 5.25. The molecule has 0 heterocycles. The smallest absolute Gasteiger partial charge is 0.125 e. The quantitative estimate of drug-likeness (QED) is 0.649. The lowest BCUT2D eigenvalue weighted by atomic mass is 10.1. The van der Waals surface area contributed by atoms with Crippen LogP contribution in [-0.4, -0.2) is 10.2 Å². The van der Waals surface area contributed by atoms with Crippen LogP contribution in [0.25, 0.3) is 10.8 Å². The van der Waals surface area contributed by atoms with E-state index < -0.39 is 0 Å². The van der Waals surface area contributed by atoms with Gasteiger partial charge < -0.3 is 10.2 Å². The van der Waals surface area contributed by atoms with Crippen LogP contribution in [0.4, 0.5) is 11.4 Å². The molecule has 4 heteroatoms. The molecule has 3 aromatic carbocycles. The lowest BCUT2D eigenvalue weighted by Crippen LogP contribution is -1.77. The van der Waals surface area contributed by atoms with E-state index in [0.717, 1.165) is 11.3 Å². The van der Waals surface area contributed by atoms with Gasteiger partial charge in [-0.2, -0.15) is 5.11 Å². The fraction of sp³-hybridized carbons (Fsp3) is 0.0588. The maximum atomic E-state index is 10.0. The first-order valence-electron chi connectivity index (χ1n) is 6.58. The van der Waals surface area contributed by atoms with Gasteiger partial charge in [-0.3, -0.25) is 0 Å². The van der Waals surface area contributed by atoms with Crippen molar-refractivity contribution >= 4 is 22.1 Å². The molecule has 0 bridgehead atoms. The summed E-state index contributed by atoms with van der Waals surface area (Å²) in [7, 11) is 0. The van der Waals surface area contributed by atoms with Gasteiger partial charge in [0.1, 0.15) is 11.5 Å². The molecule has 0 aliphatic carbocycles. The first-order valence-corrected chi connectivity index (χ1v) is 6.58. The standard InChI is InChI=1S/C17H14N2O2/c1-11-5-2-3-7-13(11)18-19-14-9-10-15(20)12-6-4-8-16(21)17(12)14/h2-10,20-21H,1H3/b19-18+. The summed E-state index contributed by atoms with van der Waals surface area (Å²) in [4.78, 5) is 0. The van der Waals surface area contributed by atoms with Crippen molar-refractivity contribution in [2.45, 2.75) is 6.92 Å². The topological polar surface area (TPSA) is 65.2 Å². The van der Waals surface area contributed by atoms with Gasteiger partial charge in [0.15, 0.2) is 0 Å². The van der Waals surface area contributed by atoms with Gasteiger partial charge in [-0.25, -0.2) is 0 Å². The van der Waals surface area contributed by atoms with Crippen LogP contribution in [0.15, 0.2) is 64.8 Å². The summed E-state index contributed by atoms with van der Waals surface area (Å²) in [5, 5.41) is 29.4. The van der Waals surface area contributed by atoms with Crippen molar-refractivity contribution in [3.05, 3.63) is 60.2 Å². The molecule has 0 aliphatic rings. The summed E-state index contributed by atoms with van der Waals surface area (Å²) >= 11 is 0. The van der Waals surface area contributed by atoms with Crippen LogP contribution in [0, 0.1) is 6.92 Å². The van der Waals surface area contributed by atoms with E-state index in [4.69, 9.17) is 0 Å². The third-order valence-corrected chi connectivity index (χ3v) is 3.35. The molecule has 0 amide bonds. The number of fused-ring (bicyclic) bond motifs is 1. The molecule has 3 rings (SSSR count). The molecule has 104 valence electrons. The lowest BCUT2D eigenvalue weighted by molar-refractivity contribution is 0.475. The number of phenols is 2. The molecule has 0 fully saturated rings. The third-order valence-electron chi connectivity index (χ3n) is 3.35. The van der Waals surface area contributed by atoms with Crippen LogP contribution in [0.2, 0.25) is 0 Å². The SMILES string of the molecule is Cc1ccccc1/N=N/c1ccc(O)c2cccc(O)c12. The van der Waals surface area contributed by atoms with E-state index in [2.05, 4.69) is 10.2 Å². The lowest BCUT2D eigenvalue weighted by Gasteiger charge is -2.06. The molecule has 0 spiro atoms. The molecule has 0 unspecified atom stereocenters. The maximum Gasteiger partial charge on any atom is 0.125 e. The second-order valence-electron chi connectivity index (χ2n) is 4.79. The molecule has 21 heavy (non-hydrogen) atoms. The van der Waals surface area contributed by atoms with Crippen molar-refractivity contribution in [1.29, 1.82) is 0 Å². The van der Waals surface area contributed by atoms with Crippen LogP contribution in [-0.2, 0) is 0 Å². The number of aromatic hydroxyl groups is 2. The Kier molecular flexibility index (Phi) is 3.28. The summed E-state index contributed by atoms with van der Waals surface area (Å²) in [5.74, 6) is 0.179. The summed E-state index contributed by atoms with van der Waals surface area (Å²) in [6.45, 7) is 1.96. The molecule has 0 atom stereocenters. The Morgan fingerprint density at radius 1 is 0.714 bits per heavy atom. The number of nitrogens with zero attached hydrogens (tertiary/aromatic N) is 2. The highest BCUT2D eigenvalue weighted by Gasteiger charge is 2.09. The van der Waals surface area contributed by atoms with Crippen molar-refractivity contribution in [1.82, 2.24) is 0 Å². The fourth-order valence-corrected chi connectivity index (χ4v) is 2.22. The number of rotatable bonds is 2. The molecule has 0 aromatic heterocycles. The van der Waals surface area contributed by atoms with Crippen molar-refractivity contribution in [2.24, 2.45) is 10.2 Å². The van der Waals surface area contributed by atoms with Crippen LogP contribution < -0.4 is 0 Å². The highest BCUT2D eigenvalue weighted by Crippen LogP contribution is 2.38. The zero-order valence-electron chi connectivity index (χ0n) is 11.5. The zero-order valence-corrected chi connectivity index (χ0v) is 11.5. The predicted molar refractivity (Wildman–Crippen MR) is 82.6 cm³/mol. The van der Waals surface area contributed by atoms with E-state index in [0.29, 0.717) is 16.5 Å². The molecule has 2 N–H and O–H groups in total. The van der Waals surface area contributed by atoms with Gasteiger partial charge in [0, 0.05) is 5.39 Å². The van der Waals surface area contributed by atoms with Gasteiger partial charge in [0.25, 0.3) is 0 Å². The maximum absolute atomic E-state index is 10.0. The number of phenolic OH excluding ortho intramolecular Hbond substituents is 2. The van der Waals surface area contributed by atoms with Crippen molar-refractivity contribution in [3.63, 3.8) is 0 Å². The minimum Gasteiger partial charge on any atom is -0.507 e. The number of hydrogen-bond acceptors (Lipinski definition) is 4. The summed E-state index contributed by atoms with van der Waals surface area (Å²) in [5.41, 5.74) is 2.31. The minimum atomic E-state index is 0.0714. The summed E-state index contributed by atoms with van der Waals surface area (Å²) in [6, 6.07) is 15.8. The van der Waals surface area contributed by atoms with Gasteiger partial charge >= 0.3 is 0 Å². The highest BCUT2D eigenvalue weighted by atomic mass is 16.3.